The van der Waals surface area contributed by atoms with Crippen LogP contribution in [0.15, 0.2) is 47.8 Å². The van der Waals surface area contributed by atoms with Gasteiger partial charge in [-0.3, -0.25) is 4.79 Å². The Morgan fingerprint density at radius 2 is 2.12 bits per heavy atom. The van der Waals surface area contributed by atoms with E-state index in [1.54, 1.807) is 6.20 Å². The zero-order chi connectivity index (χ0) is 17.6. The highest BCUT2D eigenvalue weighted by Crippen LogP contribution is 2.28. The Morgan fingerprint density at radius 3 is 2.88 bits per heavy atom. The highest BCUT2D eigenvalue weighted by molar-refractivity contribution is 8.00. The molecule has 0 aliphatic carbocycles. The average molecular weight is 356 g/mol. The molecule has 1 aromatic carbocycles. The smallest absolute Gasteiger partial charge is 0.238 e. The Labute approximate surface area is 150 Å². The first-order valence-corrected chi connectivity index (χ1v) is 9.09. The van der Waals surface area contributed by atoms with E-state index >= 15 is 0 Å². The van der Waals surface area contributed by atoms with Gasteiger partial charge in [0.2, 0.25) is 5.91 Å². The van der Waals surface area contributed by atoms with Crippen molar-refractivity contribution in [1.29, 1.82) is 0 Å². The van der Waals surface area contributed by atoms with E-state index < -0.39 is 0 Å². The van der Waals surface area contributed by atoms with Crippen molar-refractivity contribution < 1.29 is 9.53 Å². The maximum Gasteiger partial charge on any atom is 0.238 e. The molecule has 3 rings (SSSR count). The van der Waals surface area contributed by atoms with Gasteiger partial charge in [-0.1, -0.05) is 30.8 Å². The van der Waals surface area contributed by atoms with Crippen LogP contribution in [0.25, 0.3) is 11.2 Å². The number of hydrogen-bond acceptors (Lipinski definition) is 5. The van der Waals surface area contributed by atoms with E-state index in [0.717, 1.165) is 5.52 Å². The van der Waals surface area contributed by atoms with Gasteiger partial charge in [0.1, 0.15) is 5.75 Å². The number of thioether (sulfide) groups is 1. The van der Waals surface area contributed by atoms with Crippen LogP contribution in [0.5, 0.6) is 5.75 Å². The molecule has 7 heteroatoms. The lowest BCUT2D eigenvalue weighted by Gasteiger charge is -2.15. The monoisotopic (exact) mass is 356 g/mol. The van der Waals surface area contributed by atoms with Gasteiger partial charge in [-0.05, 0) is 37.6 Å². The van der Waals surface area contributed by atoms with Crippen LogP contribution < -0.4 is 10.1 Å². The molecule has 130 valence electrons. The summed E-state index contributed by atoms with van der Waals surface area (Å²) in [5.41, 5.74) is 2.20. The zero-order valence-corrected chi connectivity index (χ0v) is 15.0. The van der Waals surface area contributed by atoms with Crippen molar-refractivity contribution in [3.63, 3.8) is 0 Å². The van der Waals surface area contributed by atoms with Crippen LogP contribution in [0.1, 0.15) is 20.3 Å². The number of hydrogen-bond donors (Lipinski definition) is 2. The summed E-state index contributed by atoms with van der Waals surface area (Å²) >= 11 is 1.40. The maximum absolute atomic E-state index is 12.7. The van der Waals surface area contributed by atoms with E-state index in [1.165, 1.54) is 11.8 Å². The SMILES string of the molecule is CCOc1ccccc1NC(=O)[C@@H](CC)Sc1nc2ncccc2[nH]1. The number of ether oxygens (including phenoxy) is 1. The van der Waals surface area contributed by atoms with E-state index in [1.807, 2.05) is 50.2 Å². The number of carbonyl (C=O) groups excluding carboxylic acids is 1. The fraction of sp³-hybridized carbons (Fsp3) is 0.278. The lowest BCUT2D eigenvalue weighted by molar-refractivity contribution is -0.115. The Morgan fingerprint density at radius 1 is 1.28 bits per heavy atom. The van der Waals surface area contributed by atoms with Crippen molar-refractivity contribution in [2.75, 3.05) is 11.9 Å². The first-order valence-electron chi connectivity index (χ1n) is 8.21. The molecule has 0 aliphatic heterocycles. The fourth-order valence-corrected chi connectivity index (χ4v) is 3.31. The topological polar surface area (TPSA) is 79.9 Å². The number of pyridine rings is 1. The van der Waals surface area contributed by atoms with Crippen molar-refractivity contribution in [2.45, 2.75) is 30.7 Å². The Kier molecular flexibility index (Phi) is 5.55. The number of aromatic amines is 1. The lowest BCUT2D eigenvalue weighted by atomic mass is 10.2. The molecular weight excluding hydrogens is 336 g/mol. The third-order valence-electron chi connectivity index (χ3n) is 3.60. The van der Waals surface area contributed by atoms with Crippen molar-refractivity contribution in [1.82, 2.24) is 15.0 Å². The van der Waals surface area contributed by atoms with Gasteiger partial charge < -0.3 is 15.0 Å². The molecule has 2 N–H and O–H groups in total. The normalized spacial score (nSPS) is 12.1. The molecule has 0 fully saturated rings. The minimum Gasteiger partial charge on any atom is -0.492 e. The van der Waals surface area contributed by atoms with Crippen LogP contribution in [-0.2, 0) is 4.79 Å². The van der Waals surface area contributed by atoms with Gasteiger partial charge in [0.05, 0.1) is 23.1 Å². The van der Waals surface area contributed by atoms with Gasteiger partial charge in [0.15, 0.2) is 10.8 Å². The minimum atomic E-state index is -0.268. The quantitative estimate of drug-likeness (QED) is 0.628. The number of benzene rings is 1. The second kappa shape index (κ2) is 8.02. The molecule has 0 aliphatic rings. The predicted molar refractivity (Wildman–Crippen MR) is 100 cm³/mol. The van der Waals surface area contributed by atoms with Crippen LogP contribution in [0.4, 0.5) is 5.69 Å². The summed E-state index contributed by atoms with van der Waals surface area (Å²) in [6.45, 7) is 4.44. The number of aromatic nitrogens is 3. The second-order valence-electron chi connectivity index (χ2n) is 5.35. The molecule has 0 spiro atoms. The molecule has 0 saturated carbocycles. The summed E-state index contributed by atoms with van der Waals surface area (Å²) < 4.78 is 5.56. The molecule has 1 atom stereocenters. The molecule has 25 heavy (non-hydrogen) atoms. The van der Waals surface area contributed by atoms with Crippen molar-refractivity contribution in [3.05, 3.63) is 42.6 Å². The number of amides is 1. The van der Waals surface area contributed by atoms with Crippen LogP contribution in [0.2, 0.25) is 0 Å². The number of nitrogens with zero attached hydrogens (tertiary/aromatic N) is 2. The predicted octanol–water partition coefficient (Wildman–Crippen LogP) is 3.87. The molecule has 0 bridgehead atoms. The van der Waals surface area contributed by atoms with Gasteiger partial charge in [-0.15, -0.1) is 0 Å². The molecular formula is C18H20N4O2S. The number of imidazole rings is 1. The molecule has 6 nitrogen and oxygen atoms in total. The van der Waals surface area contributed by atoms with Crippen molar-refractivity contribution in [2.24, 2.45) is 0 Å². The third-order valence-corrected chi connectivity index (χ3v) is 4.85. The Hall–Kier alpha value is -2.54. The van der Waals surface area contributed by atoms with E-state index in [2.05, 4.69) is 20.3 Å². The highest BCUT2D eigenvalue weighted by atomic mass is 32.2. The number of rotatable bonds is 7. The number of fused-ring (bicyclic) bond motifs is 1. The van der Waals surface area contributed by atoms with Gasteiger partial charge >= 0.3 is 0 Å². The summed E-state index contributed by atoms with van der Waals surface area (Å²) in [7, 11) is 0. The van der Waals surface area contributed by atoms with E-state index in [0.29, 0.717) is 35.3 Å². The van der Waals surface area contributed by atoms with Gasteiger partial charge in [0.25, 0.3) is 0 Å². The number of anilines is 1. The number of H-pyrrole nitrogens is 1. The molecule has 0 saturated heterocycles. The summed E-state index contributed by atoms with van der Waals surface area (Å²) in [6, 6.07) is 11.2. The average Bonchev–Trinajstić information content (AvgIpc) is 3.04. The number of carbonyl (C=O) groups is 1. The molecule has 2 aromatic heterocycles. The molecule has 0 radical (unpaired) electrons. The molecule has 1 amide bonds. The Balaban J connectivity index is 1.73. The molecule has 3 aromatic rings. The second-order valence-corrected chi connectivity index (χ2v) is 6.54. The fourth-order valence-electron chi connectivity index (χ4n) is 2.40. The third kappa shape index (κ3) is 4.11. The lowest BCUT2D eigenvalue weighted by Crippen LogP contribution is -2.25. The van der Waals surface area contributed by atoms with Crippen molar-refractivity contribution >= 4 is 34.5 Å². The standard InChI is InChI=1S/C18H20N4O2S/c1-3-15(25-18-21-13-9-7-11-19-16(13)22-18)17(23)20-12-8-5-6-10-14(12)24-4-2/h5-11,15H,3-4H2,1-2H3,(H,20,23)(H,19,21,22)/t15-/m1/s1. The van der Waals surface area contributed by atoms with Gasteiger partial charge in [0, 0.05) is 6.20 Å². The summed E-state index contributed by atoms with van der Waals surface area (Å²) in [4.78, 5) is 24.5. The number of nitrogens with one attached hydrogen (secondary N) is 2. The van der Waals surface area contributed by atoms with Crippen LogP contribution in [-0.4, -0.2) is 32.7 Å². The van der Waals surface area contributed by atoms with E-state index in [4.69, 9.17) is 4.74 Å². The number of para-hydroxylation sites is 2. The van der Waals surface area contributed by atoms with E-state index in [-0.39, 0.29) is 11.2 Å². The van der Waals surface area contributed by atoms with Crippen molar-refractivity contribution in [3.8, 4) is 5.75 Å². The summed E-state index contributed by atoms with van der Waals surface area (Å²) in [5.74, 6) is 0.596. The van der Waals surface area contributed by atoms with Crippen LogP contribution in [0.3, 0.4) is 0 Å². The van der Waals surface area contributed by atoms with Gasteiger partial charge in [-0.2, -0.15) is 0 Å². The van der Waals surface area contributed by atoms with Crippen LogP contribution >= 0.6 is 11.8 Å². The Bertz CT molecular complexity index is 832. The highest BCUT2D eigenvalue weighted by Gasteiger charge is 2.21. The minimum absolute atomic E-state index is 0.0759. The summed E-state index contributed by atoms with van der Waals surface area (Å²) in [6.07, 6.45) is 2.38. The first kappa shape index (κ1) is 17.3. The van der Waals surface area contributed by atoms with Gasteiger partial charge in [-0.25, -0.2) is 9.97 Å². The zero-order valence-electron chi connectivity index (χ0n) is 14.2. The largest absolute Gasteiger partial charge is 0.492 e. The summed E-state index contributed by atoms with van der Waals surface area (Å²) in [5, 5.41) is 3.38. The van der Waals surface area contributed by atoms with Crippen LogP contribution in [0, 0.1) is 0 Å². The first-order chi connectivity index (χ1) is 12.2. The molecule has 0 unspecified atom stereocenters. The van der Waals surface area contributed by atoms with E-state index in [9.17, 15) is 4.79 Å². The molecule has 2 heterocycles. The maximum atomic E-state index is 12.7.